The third kappa shape index (κ3) is 53.8. The van der Waals surface area contributed by atoms with Crippen LogP contribution in [0.25, 0.3) is 0 Å². The first-order chi connectivity index (χ1) is 70.6. The Hall–Kier alpha value is -15.7. The molecule has 148 heavy (non-hydrogen) atoms. The van der Waals surface area contributed by atoms with Crippen LogP contribution < -0.4 is 33.0 Å². The van der Waals surface area contributed by atoms with Gasteiger partial charge in [0.2, 0.25) is 0 Å². The van der Waals surface area contributed by atoms with Crippen molar-refractivity contribution < 1.29 is 181 Å². The molecule has 1 rings (SSSR count). The number of aromatic nitrogens is 3. The van der Waals surface area contributed by atoms with E-state index >= 15 is 0 Å². The molecule has 0 radical (unpaired) electrons. The SMILES string of the molecule is C=CC(=O)OCC(CCOC(=O)NCCCCCCn1c(=O)n(CCCCCCCNC(=O)OCC(COCC(COC(=O)C=C)(COC(=O)C=C)COC(=O)C=C)(COC(=O)C=C)COC(=O)C=C)c(=O)n(CCCCCCNC(=O)OCC(COCC(COC(=O)C=C)(COC(=O)C=C)COC(=O)C=C)(COC(=O)C=C)COC(=O)C=C)c1=O)(CCC(COC(=O)C=C)(COC(=O)C=C)COC(=O)C=C)COC(=O)C=C. The molecule has 0 aromatic carbocycles. The zero-order chi connectivity index (χ0) is 111. The van der Waals surface area contributed by atoms with Gasteiger partial charge in [0, 0.05) is 136 Å². The normalized spacial score (nSPS) is 11.0. The minimum Gasteiger partial charge on any atom is -0.462 e. The van der Waals surface area contributed by atoms with Crippen LogP contribution in [0.3, 0.4) is 0 Å². The van der Waals surface area contributed by atoms with Crippen molar-refractivity contribution >= 4 is 108 Å². The van der Waals surface area contributed by atoms with Gasteiger partial charge >= 0.3 is 125 Å². The van der Waals surface area contributed by atoms with Gasteiger partial charge in [-0.1, -0.05) is 144 Å². The van der Waals surface area contributed by atoms with Crippen molar-refractivity contribution in [2.75, 3.05) is 165 Å². The Bertz CT molecular complexity index is 4720. The Morgan fingerprint density at radius 1 is 0.189 bits per heavy atom. The number of ether oxygens (including phenoxy) is 20. The van der Waals surface area contributed by atoms with Gasteiger partial charge in [-0.2, -0.15) is 0 Å². The van der Waals surface area contributed by atoms with E-state index in [-0.39, 0.29) is 84.2 Å². The van der Waals surface area contributed by atoms with E-state index in [9.17, 15) is 101 Å². The van der Waals surface area contributed by atoms with Crippen LogP contribution in [0.5, 0.6) is 0 Å². The Labute approximate surface area is 855 Å². The molecule has 1 aromatic heterocycles. The predicted molar refractivity (Wildman–Crippen MR) is 525 cm³/mol. The molecule has 0 saturated heterocycles. The van der Waals surface area contributed by atoms with E-state index in [1.807, 2.05) is 0 Å². The third-order valence-corrected chi connectivity index (χ3v) is 21.4. The van der Waals surface area contributed by atoms with Crippen molar-refractivity contribution in [3.8, 4) is 0 Å². The number of alkyl carbamates (subject to hydrolysis) is 3. The molecule has 816 valence electrons. The summed E-state index contributed by atoms with van der Waals surface area (Å²) in [4.78, 5) is 270. The highest BCUT2D eigenvalue weighted by Crippen LogP contribution is 2.38. The second kappa shape index (κ2) is 73.4. The molecule has 1 aromatic rings. The first-order valence-corrected chi connectivity index (χ1v) is 46.4. The summed E-state index contributed by atoms with van der Waals surface area (Å²) in [5.41, 5.74) is -12.6. The number of hydrogen-bond acceptors (Lipinski definition) is 41. The van der Waals surface area contributed by atoms with Crippen LogP contribution in [0.1, 0.15) is 103 Å². The van der Waals surface area contributed by atoms with Crippen molar-refractivity contribution in [3.63, 3.8) is 0 Å². The molecule has 0 aliphatic heterocycles. The van der Waals surface area contributed by atoms with Gasteiger partial charge in [0.05, 0.1) is 60.1 Å². The molecule has 47 heteroatoms. The molecule has 0 fully saturated rings. The zero-order valence-corrected chi connectivity index (χ0v) is 83.5. The molecule has 0 spiro atoms. The Balaban J connectivity index is 3.71. The lowest BCUT2D eigenvalue weighted by atomic mass is 9.74. The van der Waals surface area contributed by atoms with Gasteiger partial charge in [0.1, 0.15) is 112 Å². The largest absolute Gasteiger partial charge is 0.462 e. The van der Waals surface area contributed by atoms with Gasteiger partial charge in [0.25, 0.3) is 0 Å². The van der Waals surface area contributed by atoms with E-state index in [2.05, 4.69) is 115 Å². The molecule has 0 aliphatic carbocycles. The van der Waals surface area contributed by atoms with Crippen molar-refractivity contribution in [3.05, 3.63) is 221 Å². The van der Waals surface area contributed by atoms with Crippen LogP contribution in [-0.4, -0.2) is 287 Å². The van der Waals surface area contributed by atoms with E-state index in [1.165, 1.54) is 0 Å². The van der Waals surface area contributed by atoms with Crippen LogP contribution >= 0.6 is 0 Å². The number of rotatable bonds is 85. The monoisotopic (exact) mass is 2090 g/mol. The van der Waals surface area contributed by atoms with Gasteiger partial charge in [-0.05, 0) is 57.8 Å². The topological polar surface area (TPSA) is 594 Å². The third-order valence-electron chi connectivity index (χ3n) is 21.4. The molecule has 3 N–H and O–H groups in total. The Kier molecular flexibility index (Phi) is 64.6. The van der Waals surface area contributed by atoms with Crippen LogP contribution in [-0.2, 0) is 186 Å². The Morgan fingerprint density at radius 2 is 0.345 bits per heavy atom. The van der Waals surface area contributed by atoms with Crippen LogP contribution in [0.15, 0.2) is 204 Å². The molecule has 0 saturated carbocycles. The lowest BCUT2D eigenvalue weighted by Gasteiger charge is -2.38. The van der Waals surface area contributed by atoms with Gasteiger partial charge < -0.3 is 111 Å². The smallest absolute Gasteiger partial charge is 0.407 e. The van der Waals surface area contributed by atoms with Crippen LogP contribution in [0, 0.1) is 32.5 Å². The average Bonchev–Trinajstić information content (AvgIpc) is 0.784. The number of nitrogens with zero attached hydrogens (tertiary/aromatic N) is 3. The molecule has 0 aliphatic rings. The van der Waals surface area contributed by atoms with Gasteiger partial charge in [-0.25, -0.2) is 114 Å². The lowest BCUT2D eigenvalue weighted by Crippen LogP contribution is -2.54. The summed E-state index contributed by atoms with van der Waals surface area (Å²) in [6, 6.07) is 0. The second-order valence-corrected chi connectivity index (χ2v) is 33.4. The Morgan fingerprint density at radius 3 is 0.541 bits per heavy atom. The molecular weight excluding hydrogens is 1950 g/mol. The summed E-state index contributed by atoms with van der Waals surface area (Å²) in [6.07, 6.45) is 13.5. The van der Waals surface area contributed by atoms with Crippen molar-refractivity contribution in [1.82, 2.24) is 29.7 Å². The minimum atomic E-state index is -1.75. The highest BCUT2D eigenvalue weighted by molar-refractivity contribution is 5.87. The highest BCUT2D eigenvalue weighted by atomic mass is 16.6. The zero-order valence-electron chi connectivity index (χ0n) is 83.5. The van der Waals surface area contributed by atoms with E-state index in [0.29, 0.717) is 57.8 Å². The number of unbranched alkanes of at least 4 members (excludes halogenated alkanes) is 10. The fourth-order valence-electron chi connectivity index (χ4n) is 12.7. The average molecular weight is 2090 g/mol. The molecule has 0 unspecified atom stereocenters. The van der Waals surface area contributed by atoms with Crippen molar-refractivity contribution in [2.45, 2.75) is 122 Å². The summed E-state index contributed by atoms with van der Waals surface area (Å²) in [5, 5.41) is 7.82. The maximum absolute atomic E-state index is 14.4. The van der Waals surface area contributed by atoms with E-state index in [0.717, 1.165) is 105 Å². The molecule has 0 atom stereocenters. The minimum absolute atomic E-state index is 0.0185. The summed E-state index contributed by atoms with van der Waals surface area (Å²) < 4.78 is 112. The molecule has 0 bridgehead atoms. The van der Waals surface area contributed by atoms with Crippen molar-refractivity contribution in [1.29, 1.82) is 0 Å². The summed E-state index contributed by atoms with van der Waals surface area (Å²) in [7, 11) is 0. The standard InChI is InChI=1S/C101H136N6O41/c1-16-75(108)132-58-96(59-133-76(109)17-2,44-45-97(60-134-77(110)18-3,61-135-78(111)19-4)62-136-79(112)20-5)46-53-131-90(123)102-47-39-33-36-42-51-106-93(126)105(50-41-35-31-32-38-48-103-91(124)147-73-100(69-143-86(119)27-12,70-144-87(120)28-13)56-129-54-98(63-137-80(113)21-6,64-138-81(114)22-7)65-139-82(115)23-8)94(127)107(95(106)128)52-43-37-34-40-49-104-92(125)148-74-101(71-145-88(121)29-14,72-146-89(122)30-15)57-130-55-99(66-140-83(116)24-9,67-141-84(117)25-10)68-142-85(118)26-11/h16-30H,1-15,31-74H2,(H,102,123)(H,103,124)(H,104,125). The predicted octanol–water partition coefficient (Wildman–Crippen LogP) is 6.48. The maximum Gasteiger partial charge on any atom is 0.407 e. The van der Waals surface area contributed by atoms with Crippen LogP contribution in [0.2, 0.25) is 0 Å². The quantitative estimate of drug-likeness (QED) is 0.0272. The van der Waals surface area contributed by atoms with E-state index in [1.54, 1.807) is 0 Å². The molecule has 3 amide bonds. The summed E-state index contributed by atoms with van der Waals surface area (Å²) in [6.45, 7) is 37.1. The maximum atomic E-state index is 14.4. The van der Waals surface area contributed by atoms with Crippen molar-refractivity contribution in [2.24, 2.45) is 32.5 Å². The number of carbonyl (C=O) groups is 18. The second-order valence-electron chi connectivity index (χ2n) is 33.4. The molecular formula is C101H136N6O41. The number of esters is 15. The van der Waals surface area contributed by atoms with Gasteiger partial charge in [0.15, 0.2) is 0 Å². The highest BCUT2D eigenvalue weighted by Gasteiger charge is 2.46. The fourth-order valence-corrected chi connectivity index (χ4v) is 12.7. The van der Waals surface area contributed by atoms with E-state index < -0.39 is 303 Å². The number of amides is 3. The fraction of sp³-hybridized carbons (Fsp3) is 0.495. The first kappa shape index (κ1) is 130. The summed E-state index contributed by atoms with van der Waals surface area (Å²) >= 11 is 0. The first-order valence-electron chi connectivity index (χ1n) is 46.4. The summed E-state index contributed by atoms with van der Waals surface area (Å²) in [5.74, 6) is -13.9. The molecule has 47 nitrogen and oxygen atoms in total. The molecule has 1 heterocycles. The van der Waals surface area contributed by atoms with Gasteiger partial charge in [-0.15, -0.1) is 0 Å². The lowest BCUT2D eigenvalue weighted by molar-refractivity contribution is -0.170. The number of carbonyl (C=O) groups excluding carboxylic acids is 18. The van der Waals surface area contributed by atoms with Crippen LogP contribution in [0.4, 0.5) is 14.4 Å². The van der Waals surface area contributed by atoms with E-state index in [4.69, 9.17) is 94.7 Å². The number of hydrogen-bond donors (Lipinski definition) is 3. The van der Waals surface area contributed by atoms with Gasteiger partial charge in [-0.3, -0.25) is 0 Å². The number of nitrogens with one attached hydrogen (secondary N) is 3.